The topological polar surface area (TPSA) is 77.2 Å². The number of rotatable bonds is 4. The van der Waals surface area contributed by atoms with E-state index in [0.717, 1.165) is 10.8 Å². The van der Waals surface area contributed by atoms with Crippen molar-refractivity contribution in [3.63, 3.8) is 0 Å². The molecule has 2 aromatic carbocycles. The Morgan fingerprint density at radius 1 is 1.29 bits per heavy atom. The Bertz CT molecular complexity index is 811. The highest BCUT2D eigenvalue weighted by molar-refractivity contribution is 5.97. The van der Waals surface area contributed by atoms with Crippen LogP contribution in [0.15, 0.2) is 42.7 Å². The molecule has 0 bridgehead atoms. The van der Waals surface area contributed by atoms with Crippen LogP contribution in [0.2, 0.25) is 0 Å². The van der Waals surface area contributed by atoms with Crippen molar-refractivity contribution in [1.82, 2.24) is 14.8 Å². The number of carboxylic acid groups (broad SMARTS) is 1. The molecule has 1 aromatic heterocycles. The predicted molar refractivity (Wildman–Crippen MR) is 76.2 cm³/mol. The van der Waals surface area contributed by atoms with Gasteiger partial charge in [0.15, 0.2) is 5.82 Å². The summed E-state index contributed by atoms with van der Waals surface area (Å²) in [4.78, 5) is 15.4. The highest BCUT2D eigenvalue weighted by Gasteiger charge is 2.14. The monoisotopic (exact) mass is 283 g/mol. The fraction of sp³-hybridized carbons (Fsp3) is 0.133. The minimum absolute atomic E-state index is 0.135. The van der Waals surface area contributed by atoms with Crippen LogP contribution in [0.3, 0.4) is 0 Å². The first-order valence-electron chi connectivity index (χ1n) is 6.37. The first-order chi connectivity index (χ1) is 10.1. The minimum atomic E-state index is -1.02. The summed E-state index contributed by atoms with van der Waals surface area (Å²) in [5.41, 5.74) is 0.135. The van der Waals surface area contributed by atoms with E-state index in [9.17, 15) is 9.90 Å². The van der Waals surface area contributed by atoms with Crippen molar-refractivity contribution in [2.45, 2.75) is 6.61 Å². The average Bonchev–Trinajstić information content (AvgIpc) is 2.89. The van der Waals surface area contributed by atoms with Crippen LogP contribution in [0.1, 0.15) is 16.2 Å². The number of nitrogens with zero attached hydrogens (tertiary/aromatic N) is 3. The molecule has 0 radical (unpaired) electrons. The molecule has 0 atom stereocenters. The SMILES string of the molecule is Cn1ncnc1COc1cc2ccccc2cc1C(=O)O. The number of fused-ring (bicyclic) bond motifs is 1. The van der Waals surface area contributed by atoms with Crippen molar-refractivity contribution in [3.05, 3.63) is 54.1 Å². The highest BCUT2D eigenvalue weighted by atomic mass is 16.5. The van der Waals surface area contributed by atoms with Crippen LogP contribution in [0.4, 0.5) is 0 Å². The molecule has 0 unspecified atom stereocenters. The van der Waals surface area contributed by atoms with E-state index < -0.39 is 5.97 Å². The second-order valence-electron chi connectivity index (χ2n) is 4.59. The van der Waals surface area contributed by atoms with Crippen LogP contribution in [0.5, 0.6) is 5.75 Å². The summed E-state index contributed by atoms with van der Waals surface area (Å²) in [5, 5.41) is 15.1. The summed E-state index contributed by atoms with van der Waals surface area (Å²) >= 11 is 0. The number of aryl methyl sites for hydroxylation is 1. The van der Waals surface area contributed by atoms with Gasteiger partial charge < -0.3 is 9.84 Å². The van der Waals surface area contributed by atoms with Gasteiger partial charge in [0.2, 0.25) is 0 Å². The number of hydrogen-bond acceptors (Lipinski definition) is 4. The molecule has 1 heterocycles. The lowest BCUT2D eigenvalue weighted by atomic mass is 10.1. The van der Waals surface area contributed by atoms with Crippen LogP contribution in [-0.2, 0) is 13.7 Å². The second kappa shape index (κ2) is 5.24. The molecule has 1 N–H and O–H groups in total. The van der Waals surface area contributed by atoms with Gasteiger partial charge in [-0.3, -0.25) is 4.68 Å². The van der Waals surface area contributed by atoms with Crippen molar-refractivity contribution in [2.75, 3.05) is 0 Å². The van der Waals surface area contributed by atoms with Crippen LogP contribution in [0, 0.1) is 0 Å². The molecular formula is C15H13N3O3. The van der Waals surface area contributed by atoms with Gasteiger partial charge in [0.25, 0.3) is 0 Å². The summed E-state index contributed by atoms with van der Waals surface area (Å²) in [6, 6.07) is 10.9. The fourth-order valence-corrected chi connectivity index (χ4v) is 2.10. The number of carbonyl (C=O) groups is 1. The molecule has 0 saturated heterocycles. The van der Waals surface area contributed by atoms with E-state index in [1.54, 1.807) is 23.9 Å². The Kier molecular flexibility index (Phi) is 3.27. The van der Waals surface area contributed by atoms with Gasteiger partial charge in [0.1, 0.15) is 24.2 Å². The molecule has 0 aliphatic carbocycles. The van der Waals surface area contributed by atoms with E-state index in [4.69, 9.17) is 4.74 Å². The van der Waals surface area contributed by atoms with Crippen LogP contribution < -0.4 is 4.74 Å². The number of carboxylic acids is 1. The first-order valence-corrected chi connectivity index (χ1v) is 6.37. The zero-order valence-corrected chi connectivity index (χ0v) is 11.4. The molecule has 0 fully saturated rings. The molecule has 6 nitrogen and oxygen atoms in total. The first kappa shape index (κ1) is 13.1. The Morgan fingerprint density at radius 2 is 2.00 bits per heavy atom. The highest BCUT2D eigenvalue weighted by Crippen LogP contribution is 2.26. The Balaban J connectivity index is 1.97. The number of ether oxygens (including phenoxy) is 1. The van der Waals surface area contributed by atoms with Crippen molar-refractivity contribution in [2.24, 2.45) is 7.05 Å². The predicted octanol–water partition coefficient (Wildman–Crippen LogP) is 2.25. The molecule has 106 valence electrons. The van der Waals surface area contributed by atoms with Gasteiger partial charge in [-0.25, -0.2) is 9.78 Å². The molecule has 0 aliphatic heterocycles. The molecule has 6 heteroatoms. The maximum atomic E-state index is 11.4. The number of hydrogen-bond donors (Lipinski definition) is 1. The molecule has 3 rings (SSSR count). The summed E-state index contributed by atoms with van der Waals surface area (Å²) in [6.45, 7) is 0.162. The fourth-order valence-electron chi connectivity index (χ4n) is 2.10. The molecular weight excluding hydrogens is 270 g/mol. The average molecular weight is 283 g/mol. The third-order valence-electron chi connectivity index (χ3n) is 3.24. The van der Waals surface area contributed by atoms with Gasteiger partial charge in [-0.05, 0) is 22.9 Å². The van der Waals surface area contributed by atoms with Crippen molar-refractivity contribution in [3.8, 4) is 5.75 Å². The largest absolute Gasteiger partial charge is 0.485 e. The zero-order chi connectivity index (χ0) is 14.8. The molecule has 0 amide bonds. The van der Waals surface area contributed by atoms with Gasteiger partial charge in [0, 0.05) is 7.05 Å². The lowest BCUT2D eigenvalue weighted by Crippen LogP contribution is -2.07. The standard InChI is InChI=1S/C15H13N3O3/c1-18-14(16-9-17-18)8-21-13-7-11-5-3-2-4-10(11)6-12(13)15(19)20/h2-7,9H,8H2,1H3,(H,19,20). The van der Waals surface area contributed by atoms with E-state index in [1.807, 2.05) is 24.3 Å². The summed E-state index contributed by atoms with van der Waals surface area (Å²) in [7, 11) is 1.75. The third kappa shape index (κ3) is 2.55. The van der Waals surface area contributed by atoms with Gasteiger partial charge in [-0.1, -0.05) is 24.3 Å². The van der Waals surface area contributed by atoms with E-state index >= 15 is 0 Å². The van der Waals surface area contributed by atoms with E-state index in [-0.39, 0.29) is 12.2 Å². The summed E-state index contributed by atoms with van der Waals surface area (Å²) < 4.78 is 7.21. The lowest BCUT2D eigenvalue weighted by Gasteiger charge is -2.10. The molecule has 0 spiro atoms. The van der Waals surface area contributed by atoms with Crippen molar-refractivity contribution >= 4 is 16.7 Å². The van der Waals surface area contributed by atoms with Gasteiger partial charge in [-0.15, -0.1) is 0 Å². The Hall–Kier alpha value is -2.89. The van der Waals surface area contributed by atoms with Crippen LogP contribution in [0.25, 0.3) is 10.8 Å². The molecule has 0 aliphatic rings. The Morgan fingerprint density at radius 3 is 2.62 bits per heavy atom. The van der Waals surface area contributed by atoms with Crippen molar-refractivity contribution in [1.29, 1.82) is 0 Å². The van der Waals surface area contributed by atoms with Crippen LogP contribution in [-0.4, -0.2) is 25.8 Å². The molecule has 0 saturated carbocycles. The Labute approximate surface area is 120 Å². The van der Waals surface area contributed by atoms with Gasteiger partial charge in [0.05, 0.1) is 0 Å². The van der Waals surface area contributed by atoms with E-state index in [1.165, 1.54) is 6.33 Å². The smallest absolute Gasteiger partial charge is 0.339 e. The second-order valence-corrected chi connectivity index (χ2v) is 4.59. The van der Waals surface area contributed by atoms with Gasteiger partial charge in [-0.2, -0.15) is 5.10 Å². The molecule has 3 aromatic rings. The van der Waals surface area contributed by atoms with Crippen LogP contribution >= 0.6 is 0 Å². The van der Waals surface area contributed by atoms with Crippen molar-refractivity contribution < 1.29 is 14.6 Å². The van der Waals surface area contributed by atoms with E-state index in [0.29, 0.717) is 11.6 Å². The zero-order valence-electron chi connectivity index (χ0n) is 11.4. The van der Waals surface area contributed by atoms with Gasteiger partial charge >= 0.3 is 5.97 Å². The quantitative estimate of drug-likeness (QED) is 0.794. The van der Waals surface area contributed by atoms with E-state index in [2.05, 4.69) is 10.1 Å². The molecule has 21 heavy (non-hydrogen) atoms. The maximum Gasteiger partial charge on any atom is 0.339 e. The number of aromatic nitrogens is 3. The number of benzene rings is 2. The third-order valence-corrected chi connectivity index (χ3v) is 3.24. The maximum absolute atomic E-state index is 11.4. The normalized spacial score (nSPS) is 10.7. The summed E-state index contributed by atoms with van der Waals surface area (Å²) in [5.74, 6) is -0.0718. The lowest BCUT2D eigenvalue weighted by molar-refractivity contribution is 0.0692. The number of aromatic carboxylic acids is 1. The summed E-state index contributed by atoms with van der Waals surface area (Å²) in [6.07, 6.45) is 1.43. The minimum Gasteiger partial charge on any atom is -0.485 e.